The first kappa shape index (κ1) is 13.7. The van der Waals surface area contributed by atoms with E-state index in [-0.39, 0.29) is 6.54 Å². The van der Waals surface area contributed by atoms with Crippen LogP contribution < -0.4 is 0 Å². The van der Waals surface area contributed by atoms with Gasteiger partial charge in [-0.05, 0) is 38.6 Å². The maximum absolute atomic E-state index is 14.6. The number of alkyl halides is 2. The van der Waals surface area contributed by atoms with E-state index in [0.29, 0.717) is 43.4 Å². The van der Waals surface area contributed by atoms with Gasteiger partial charge in [0, 0.05) is 25.2 Å². The lowest BCUT2D eigenvalue weighted by atomic mass is 9.68. The maximum Gasteiger partial charge on any atom is 0.268 e. The number of rotatable bonds is 2. The quantitative estimate of drug-likeness (QED) is 0.762. The molecule has 4 heteroatoms. The summed E-state index contributed by atoms with van der Waals surface area (Å²) >= 11 is 0. The second-order valence-electron chi connectivity index (χ2n) is 7.41. The third-order valence-electron chi connectivity index (χ3n) is 5.98. The molecule has 0 aromatic heterocycles. The van der Waals surface area contributed by atoms with Crippen LogP contribution in [0.15, 0.2) is 0 Å². The Morgan fingerprint density at radius 1 is 1.05 bits per heavy atom. The van der Waals surface area contributed by atoms with Crippen LogP contribution in [0, 0.1) is 17.3 Å². The predicted octanol–water partition coefficient (Wildman–Crippen LogP) is 2.69. The van der Waals surface area contributed by atoms with Crippen LogP contribution in [-0.4, -0.2) is 54.0 Å². The molecule has 2 heterocycles. The molecule has 3 rings (SSSR count). The molecule has 1 spiro atoms. The Hall–Kier alpha value is -0.220. The molecule has 0 amide bonds. The van der Waals surface area contributed by atoms with Gasteiger partial charge in [-0.2, -0.15) is 0 Å². The van der Waals surface area contributed by atoms with Crippen molar-refractivity contribution in [3.8, 4) is 0 Å². The molecular weight excluding hydrogens is 246 g/mol. The van der Waals surface area contributed by atoms with Crippen molar-refractivity contribution in [2.75, 3.05) is 26.2 Å². The number of hydrogen-bond acceptors (Lipinski definition) is 2. The van der Waals surface area contributed by atoms with E-state index in [1.54, 1.807) is 0 Å². The van der Waals surface area contributed by atoms with Crippen LogP contribution >= 0.6 is 0 Å². The second kappa shape index (κ2) is 4.14. The molecular formula is C15H26F2N2. The molecule has 2 unspecified atom stereocenters. The van der Waals surface area contributed by atoms with E-state index >= 15 is 0 Å². The zero-order chi connectivity index (χ0) is 14.0. The third-order valence-corrected chi connectivity index (χ3v) is 5.98. The molecule has 3 atom stereocenters. The first-order valence-corrected chi connectivity index (χ1v) is 7.63. The minimum atomic E-state index is -2.52. The number of halogens is 2. The summed E-state index contributed by atoms with van der Waals surface area (Å²) in [6.45, 7) is 10.6. The van der Waals surface area contributed by atoms with Crippen LogP contribution in [0.1, 0.15) is 34.1 Å². The lowest BCUT2D eigenvalue weighted by Crippen LogP contribution is -2.71. The van der Waals surface area contributed by atoms with Gasteiger partial charge in [0.15, 0.2) is 0 Å². The molecule has 2 nitrogen and oxygen atoms in total. The van der Waals surface area contributed by atoms with Crippen molar-refractivity contribution in [2.45, 2.75) is 52.1 Å². The van der Waals surface area contributed by atoms with Crippen molar-refractivity contribution < 1.29 is 8.78 Å². The molecule has 0 bridgehead atoms. The smallest absolute Gasteiger partial charge is 0.268 e. The van der Waals surface area contributed by atoms with Gasteiger partial charge < -0.3 is 0 Å². The van der Waals surface area contributed by atoms with Crippen LogP contribution in [0.2, 0.25) is 0 Å². The molecule has 0 aromatic carbocycles. The van der Waals surface area contributed by atoms with Gasteiger partial charge in [0.05, 0.1) is 12.0 Å². The first-order chi connectivity index (χ1) is 8.77. The van der Waals surface area contributed by atoms with Crippen LogP contribution in [0.5, 0.6) is 0 Å². The first-order valence-electron chi connectivity index (χ1n) is 7.63. The lowest BCUT2D eigenvalue weighted by molar-refractivity contribution is -0.231. The number of piperidine rings is 1. The number of nitrogens with zero attached hydrogens (tertiary/aromatic N) is 2. The van der Waals surface area contributed by atoms with Gasteiger partial charge in [-0.25, -0.2) is 8.78 Å². The maximum atomic E-state index is 14.6. The molecule has 1 saturated carbocycles. The summed E-state index contributed by atoms with van der Waals surface area (Å²) in [5.41, 5.74) is -0.727. The van der Waals surface area contributed by atoms with Crippen LogP contribution in [-0.2, 0) is 0 Å². The van der Waals surface area contributed by atoms with E-state index in [4.69, 9.17) is 0 Å². The minimum absolute atomic E-state index is 0.0156. The van der Waals surface area contributed by atoms with Crippen LogP contribution in [0.4, 0.5) is 8.78 Å². The van der Waals surface area contributed by atoms with Gasteiger partial charge in [-0.15, -0.1) is 0 Å². The van der Waals surface area contributed by atoms with Gasteiger partial charge in [0.2, 0.25) is 0 Å². The molecule has 110 valence electrons. The molecule has 0 N–H and O–H groups in total. The Morgan fingerprint density at radius 2 is 1.63 bits per heavy atom. The van der Waals surface area contributed by atoms with E-state index in [1.165, 1.54) is 0 Å². The van der Waals surface area contributed by atoms with Crippen molar-refractivity contribution in [1.29, 1.82) is 0 Å². The average molecular weight is 272 g/mol. The van der Waals surface area contributed by atoms with Crippen molar-refractivity contribution in [1.82, 2.24) is 9.80 Å². The van der Waals surface area contributed by atoms with E-state index in [0.717, 1.165) is 6.54 Å². The van der Waals surface area contributed by atoms with Gasteiger partial charge in [-0.3, -0.25) is 9.80 Å². The summed E-state index contributed by atoms with van der Waals surface area (Å²) in [7, 11) is 0. The number of likely N-dealkylation sites (tertiary alicyclic amines) is 2. The molecule has 1 aliphatic carbocycles. The van der Waals surface area contributed by atoms with Gasteiger partial charge in [-0.1, -0.05) is 13.8 Å². The van der Waals surface area contributed by atoms with Crippen molar-refractivity contribution in [3.63, 3.8) is 0 Å². The van der Waals surface area contributed by atoms with Crippen molar-refractivity contribution in [3.05, 3.63) is 0 Å². The zero-order valence-corrected chi connectivity index (χ0v) is 12.5. The van der Waals surface area contributed by atoms with E-state index in [1.807, 2.05) is 0 Å². The van der Waals surface area contributed by atoms with E-state index < -0.39 is 11.3 Å². The Balaban J connectivity index is 1.65. The highest BCUT2D eigenvalue weighted by Gasteiger charge is 2.64. The standard InChI is InChI=1S/C15H26F2N2/c1-10(2)19-7-14(8-19)5-6-18(9-15(14,16)17)13-11(3)12(13)4/h10-13H,5-9H2,1-4H3/t11-,12?,13?/m1/s1. The SMILES string of the molecule is CC1C(N2CCC3(CN(C(C)C)C3)C(F)(F)C2)[C@@H]1C. The van der Waals surface area contributed by atoms with Gasteiger partial charge in [0.25, 0.3) is 5.92 Å². The van der Waals surface area contributed by atoms with E-state index in [9.17, 15) is 8.78 Å². The molecule has 2 aliphatic heterocycles. The molecule has 19 heavy (non-hydrogen) atoms. The summed E-state index contributed by atoms with van der Waals surface area (Å²) in [4.78, 5) is 4.23. The van der Waals surface area contributed by atoms with Crippen LogP contribution in [0.25, 0.3) is 0 Å². The lowest BCUT2D eigenvalue weighted by Gasteiger charge is -2.59. The Bertz CT molecular complexity index is 355. The summed E-state index contributed by atoms with van der Waals surface area (Å²) < 4.78 is 29.1. The van der Waals surface area contributed by atoms with Gasteiger partial charge in [0.1, 0.15) is 0 Å². The molecule has 2 saturated heterocycles. The fraction of sp³-hybridized carbons (Fsp3) is 1.00. The normalized spacial score (nSPS) is 41.5. The van der Waals surface area contributed by atoms with Crippen LogP contribution in [0.3, 0.4) is 0 Å². The molecule has 3 aliphatic rings. The summed E-state index contributed by atoms with van der Waals surface area (Å²) in [5.74, 6) is -1.32. The second-order valence-corrected chi connectivity index (χ2v) is 7.41. The van der Waals surface area contributed by atoms with Crippen molar-refractivity contribution in [2.24, 2.45) is 17.3 Å². The Morgan fingerprint density at radius 3 is 2.05 bits per heavy atom. The van der Waals surface area contributed by atoms with Gasteiger partial charge >= 0.3 is 0 Å². The average Bonchev–Trinajstić information content (AvgIpc) is 2.82. The summed E-state index contributed by atoms with van der Waals surface area (Å²) in [6.07, 6.45) is 0.666. The summed E-state index contributed by atoms with van der Waals surface area (Å²) in [5, 5.41) is 0. The van der Waals surface area contributed by atoms with E-state index in [2.05, 4.69) is 37.5 Å². The fourth-order valence-electron chi connectivity index (χ4n) is 4.08. The third kappa shape index (κ3) is 1.94. The minimum Gasteiger partial charge on any atom is -0.299 e. The summed E-state index contributed by atoms with van der Waals surface area (Å²) in [6, 6.07) is 0.799. The highest BCUT2D eigenvalue weighted by Crippen LogP contribution is 2.53. The topological polar surface area (TPSA) is 6.48 Å². The highest BCUT2D eigenvalue weighted by molar-refractivity contribution is 5.11. The fourth-order valence-corrected chi connectivity index (χ4v) is 4.08. The largest absolute Gasteiger partial charge is 0.299 e. The van der Waals surface area contributed by atoms with Crippen molar-refractivity contribution >= 4 is 0 Å². The Kier molecular flexibility index (Phi) is 2.99. The number of hydrogen-bond donors (Lipinski definition) is 0. The molecule has 0 aromatic rings. The highest BCUT2D eigenvalue weighted by atomic mass is 19.3. The Labute approximate surface area is 115 Å². The molecule has 0 radical (unpaired) electrons. The molecule has 3 fully saturated rings. The monoisotopic (exact) mass is 272 g/mol. The predicted molar refractivity (Wildman–Crippen MR) is 72.4 cm³/mol. The zero-order valence-electron chi connectivity index (χ0n) is 12.5.